The third-order valence-corrected chi connectivity index (χ3v) is 5.70. The summed E-state index contributed by atoms with van der Waals surface area (Å²) in [7, 11) is 0. The zero-order valence-corrected chi connectivity index (χ0v) is 18.3. The Hall–Kier alpha value is -2.41. The molecule has 0 spiro atoms. The minimum Gasteiger partial charge on any atom is -0.465 e. The largest absolute Gasteiger partial charge is 0.465 e. The highest BCUT2D eigenvalue weighted by Gasteiger charge is 2.53. The summed E-state index contributed by atoms with van der Waals surface area (Å²) in [6.45, 7) is 0.640. The number of nitrogens with zero attached hydrogens (tertiary/aromatic N) is 1. The van der Waals surface area contributed by atoms with Gasteiger partial charge in [-0.2, -0.15) is 0 Å². The number of likely N-dealkylation sites (N-methyl/N-ethyl adjacent to an activating group) is 1. The van der Waals surface area contributed by atoms with Gasteiger partial charge in [0.2, 0.25) is 0 Å². The van der Waals surface area contributed by atoms with E-state index in [9.17, 15) is 27.9 Å². The highest BCUT2D eigenvalue weighted by atomic mass is 127. The van der Waals surface area contributed by atoms with Crippen molar-refractivity contribution in [3.05, 3.63) is 56.9 Å². The molecule has 3 rings (SSSR count). The van der Waals surface area contributed by atoms with Gasteiger partial charge >= 0.3 is 6.09 Å². The van der Waals surface area contributed by atoms with Crippen LogP contribution < -0.4 is 10.6 Å². The van der Waals surface area contributed by atoms with Crippen LogP contribution in [0.4, 0.5) is 33.7 Å². The van der Waals surface area contributed by atoms with E-state index >= 15 is 4.39 Å². The number of carbonyl (C=O) groups excluding carboxylic acids is 1. The van der Waals surface area contributed by atoms with Crippen molar-refractivity contribution in [1.29, 1.82) is 0 Å². The Morgan fingerprint density at radius 2 is 1.90 bits per heavy atom. The number of halogens is 5. The summed E-state index contributed by atoms with van der Waals surface area (Å²) >= 11 is 1.86. The molecule has 0 aliphatic carbocycles. The number of ketones is 1. The van der Waals surface area contributed by atoms with E-state index in [0.29, 0.717) is 14.5 Å². The molecule has 0 radical (unpaired) electrons. The number of alkyl halides is 1. The molecule has 1 unspecified atom stereocenters. The van der Waals surface area contributed by atoms with Gasteiger partial charge in [0.25, 0.3) is 0 Å². The summed E-state index contributed by atoms with van der Waals surface area (Å²) in [4.78, 5) is 25.6. The van der Waals surface area contributed by atoms with Crippen LogP contribution in [0.1, 0.15) is 17.3 Å². The molecule has 1 amide bonds. The third kappa shape index (κ3) is 4.47. The Kier molecular flexibility index (Phi) is 6.74. The number of carbonyl (C=O) groups is 2. The molecular weight excluding hydrogens is 533 g/mol. The number of carboxylic acid groups (broad SMARTS) is 1. The average Bonchev–Trinajstić information content (AvgIpc) is 2.69. The second-order valence-electron chi connectivity index (χ2n) is 7.01. The van der Waals surface area contributed by atoms with E-state index in [0.717, 1.165) is 12.1 Å². The number of hydrogen-bond donors (Lipinski definition) is 3. The summed E-state index contributed by atoms with van der Waals surface area (Å²) < 4.78 is 58.8. The molecule has 1 aliphatic rings. The number of Topliss-reactive ketones (excluding diaryl/α,β-unsaturated/α-hetero) is 1. The van der Waals surface area contributed by atoms with Gasteiger partial charge in [-0.15, -0.1) is 0 Å². The van der Waals surface area contributed by atoms with Crippen molar-refractivity contribution in [1.82, 2.24) is 10.2 Å². The van der Waals surface area contributed by atoms with Gasteiger partial charge in [0.05, 0.1) is 11.4 Å². The monoisotopic (exact) mass is 551 g/mol. The van der Waals surface area contributed by atoms with Crippen LogP contribution in [0.2, 0.25) is 0 Å². The van der Waals surface area contributed by atoms with E-state index in [1.807, 2.05) is 22.6 Å². The Bertz CT molecular complexity index is 1030. The number of hydrogen-bond acceptors (Lipinski definition) is 4. The van der Waals surface area contributed by atoms with Crippen LogP contribution in [0.3, 0.4) is 0 Å². The summed E-state index contributed by atoms with van der Waals surface area (Å²) in [6.07, 6.45) is -1.54. The van der Waals surface area contributed by atoms with Gasteiger partial charge in [-0.3, -0.25) is 9.69 Å². The summed E-state index contributed by atoms with van der Waals surface area (Å²) in [5.41, 5.74) is -3.67. The fourth-order valence-electron chi connectivity index (χ4n) is 3.39. The van der Waals surface area contributed by atoms with Gasteiger partial charge in [-0.1, -0.05) is 0 Å². The maximum atomic E-state index is 15.3. The SMILES string of the molecule is CCN(C(=O)O)C(C(=O)c1ccc(F)c(F)c1Nc1ccc(I)cc1F)C1(F)CNC1. The van der Waals surface area contributed by atoms with E-state index < -0.39 is 52.3 Å². The van der Waals surface area contributed by atoms with E-state index in [-0.39, 0.29) is 25.3 Å². The molecule has 1 atom stereocenters. The van der Waals surface area contributed by atoms with Gasteiger partial charge in [0.1, 0.15) is 11.9 Å². The lowest BCUT2D eigenvalue weighted by Gasteiger charge is -2.44. The van der Waals surface area contributed by atoms with Gasteiger partial charge < -0.3 is 15.7 Å². The van der Waals surface area contributed by atoms with Crippen LogP contribution >= 0.6 is 22.6 Å². The lowest BCUT2D eigenvalue weighted by atomic mass is 9.83. The number of benzene rings is 2. The van der Waals surface area contributed by atoms with Crippen LogP contribution in [0.15, 0.2) is 30.3 Å². The predicted molar refractivity (Wildman–Crippen MR) is 114 cm³/mol. The molecule has 2 aromatic rings. The summed E-state index contributed by atoms with van der Waals surface area (Å²) in [5, 5.41) is 14.5. The van der Waals surface area contributed by atoms with Crippen molar-refractivity contribution in [3.63, 3.8) is 0 Å². The van der Waals surface area contributed by atoms with Crippen LogP contribution in [-0.2, 0) is 0 Å². The van der Waals surface area contributed by atoms with Crippen molar-refractivity contribution in [3.8, 4) is 0 Å². The van der Waals surface area contributed by atoms with Crippen LogP contribution in [-0.4, -0.2) is 53.2 Å². The Morgan fingerprint density at radius 1 is 1.23 bits per heavy atom. The smallest absolute Gasteiger partial charge is 0.408 e. The van der Waals surface area contributed by atoms with Gasteiger partial charge in [0, 0.05) is 28.8 Å². The first-order valence-electron chi connectivity index (χ1n) is 9.22. The van der Waals surface area contributed by atoms with E-state index in [2.05, 4.69) is 10.6 Å². The number of nitrogens with one attached hydrogen (secondary N) is 2. The number of anilines is 2. The van der Waals surface area contributed by atoms with Crippen LogP contribution in [0.25, 0.3) is 0 Å². The molecule has 1 fully saturated rings. The lowest BCUT2D eigenvalue weighted by molar-refractivity contribution is -0.00128. The Morgan fingerprint density at radius 3 is 2.42 bits per heavy atom. The molecule has 0 bridgehead atoms. The molecule has 6 nitrogen and oxygen atoms in total. The minimum atomic E-state index is -2.23. The Labute approximate surface area is 188 Å². The molecule has 166 valence electrons. The van der Waals surface area contributed by atoms with Crippen LogP contribution in [0.5, 0.6) is 0 Å². The molecule has 1 aliphatic heterocycles. The first-order chi connectivity index (χ1) is 14.6. The maximum absolute atomic E-state index is 15.3. The quantitative estimate of drug-likeness (QED) is 0.272. The van der Waals surface area contributed by atoms with Crippen LogP contribution in [0, 0.1) is 21.0 Å². The number of amides is 1. The van der Waals surface area contributed by atoms with Gasteiger partial charge in [-0.05, 0) is 59.8 Å². The molecule has 1 heterocycles. The fraction of sp³-hybridized carbons (Fsp3) is 0.300. The van der Waals surface area contributed by atoms with Gasteiger partial charge in [0.15, 0.2) is 23.1 Å². The van der Waals surface area contributed by atoms with Crippen molar-refractivity contribution in [2.75, 3.05) is 25.0 Å². The highest BCUT2D eigenvalue weighted by Crippen LogP contribution is 2.34. The Balaban J connectivity index is 2.11. The zero-order valence-electron chi connectivity index (χ0n) is 16.2. The molecule has 3 N–H and O–H groups in total. The molecule has 1 saturated heterocycles. The molecule has 0 aromatic heterocycles. The second kappa shape index (κ2) is 8.99. The van der Waals surface area contributed by atoms with Gasteiger partial charge in [-0.25, -0.2) is 22.4 Å². The topological polar surface area (TPSA) is 81.7 Å². The lowest BCUT2D eigenvalue weighted by Crippen LogP contribution is -2.70. The van der Waals surface area contributed by atoms with Crippen molar-refractivity contribution >= 4 is 45.8 Å². The maximum Gasteiger partial charge on any atom is 0.408 e. The molecule has 2 aromatic carbocycles. The predicted octanol–water partition coefficient (Wildman–Crippen LogP) is 4.31. The molecule has 31 heavy (non-hydrogen) atoms. The summed E-state index contributed by atoms with van der Waals surface area (Å²) in [5.74, 6) is -4.63. The molecular formula is C20H18F4IN3O3. The van der Waals surface area contributed by atoms with Crippen molar-refractivity contribution < 1.29 is 32.3 Å². The summed E-state index contributed by atoms with van der Waals surface area (Å²) in [6, 6.07) is 3.72. The zero-order chi connectivity index (χ0) is 22.9. The highest BCUT2D eigenvalue weighted by molar-refractivity contribution is 14.1. The normalized spacial score (nSPS) is 15.7. The van der Waals surface area contributed by atoms with E-state index in [1.54, 1.807) is 0 Å². The first-order valence-corrected chi connectivity index (χ1v) is 10.3. The van der Waals surface area contributed by atoms with Crippen molar-refractivity contribution in [2.45, 2.75) is 18.6 Å². The first kappa shape index (κ1) is 23.3. The van der Waals surface area contributed by atoms with E-state index in [1.165, 1.54) is 19.1 Å². The van der Waals surface area contributed by atoms with Crippen molar-refractivity contribution in [2.24, 2.45) is 0 Å². The molecule has 0 saturated carbocycles. The molecule has 11 heteroatoms. The third-order valence-electron chi connectivity index (χ3n) is 5.03. The average molecular weight is 551 g/mol. The minimum absolute atomic E-state index is 0.213. The second-order valence-corrected chi connectivity index (χ2v) is 8.25. The van der Waals surface area contributed by atoms with E-state index in [4.69, 9.17) is 0 Å². The fourth-order valence-corrected chi connectivity index (χ4v) is 3.85. The number of rotatable bonds is 7. The standard InChI is InChI=1S/C20H18F4IN3O3/c1-2-28(19(30)31)18(20(24)8-26-9-20)17(29)11-4-5-12(21)15(23)16(11)27-14-6-3-10(25)7-13(14)22/h3-7,18,26-27H,2,8-9H2,1H3,(H,30,31).